The molecule has 164 valence electrons. The Kier molecular flexibility index (Phi) is 6.32. The molecule has 3 heterocycles. The minimum absolute atomic E-state index is 0.00188. The van der Waals surface area contributed by atoms with E-state index >= 15 is 0 Å². The molecule has 0 aliphatic rings. The van der Waals surface area contributed by atoms with Gasteiger partial charge in [0, 0.05) is 6.20 Å². The molecule has 33 heavy (non-hydrogen) atoms. The lowest BCUT2D eigenvalue weighted by molar-refractivity contribution is -0.117. The Labute approximate surface area is 189 Å². The molecule has 4 rings (SSSR count). The topological polar surface area (TPSA) is 110 Å². The Bertz CT molecular complexity index is 1410. The second kappa shape index (κ2) is 9.66. The molecule has 0 fully saturated rings. The summed E-state index contributed by atoms with van der Waals surface area (Å²) < 4.78 is 12.4. The zero-order valence-electron chi connectivity index (χ0n) is 17.8. The number of carbonyl (C=O) groups is 1. The number of ether oxygens (including phenoxy) is 1. The number of rotatable bonds is 7. The molecule has 0 saturated carbocycles. The number of nitrogens with one attached hydrogen (secondary N) is 1. The number of hydrogen-bond donors (Lipinski definition) is 1. The van der Waals surface area contributed by atoms with E-state index in [2.05, 4.69) is 10.3 Å². The monoisotopic (exact) mass is 440 g/mol. The number of carbonyl (C=O) groups excluding carboxylic acids is 1. The maximum absolute atomic E-state index is 13.2. The summed E-state index contributed by atoms with van der Waals surface area (Å²) >= 11 is 0. The first-order chi connectivity index (χ1) is 16.1. The highest BCUT2D eigenvalue weighted by atomic mass is 16.5. The van der Waals surface area contributed by atoms with Crippen molar-refractivity contribution in [3.8, 4) is 17.7 Å². The van der Waals surface area contributed by atoms with E-state index in [1.165, 1.54) is 16.7 Å². The van der Waals surface area contributed by atoms with E-state index in [-0.39, 0.29) is 23.6 Å². The van der Waals surface area contributed by atoms with Gasteiger partial charge < -0.3 is 14.5 Å². The standard InChI is InChI=1S/C25H20N4O4/c1-2-17-8-10-19(11-9-17)33-24-21(25(31)29-12-4-3-7-22(29)28-24)14-18(15-26)23(30)27-16-20-6-5-13-32-20/h3-14H,2,16H2,1H3,(H,27,30)/b18-14+. The van der Waals surface area contributed by atoms with Crippen LogP contribution in [0.3, 0.4) is 0 Å². The van der Waals surface area contributed by atoms with Crippen LogP contribution in [0.2, 0.25) is 0 Å². The highest BCUT2D eigenvalue weighted by Crippen LogP contribution is 2.24. The summed E-state index contributed by atoms with van der Waals surface area (Å²) in [6.45, 7) is 2.15. The molecule has 8 nitrogen and oxygen atoms in total. The SMILES string of the molecule is CCc1ccc(Oc2nc3ccccn3c(=O)c2/C=C(\C#N)C(=O)NCc2ccco2)cc1. The molecule has 0 aliphatic carbocycles. The lowest BCUT2D eigenvalue weighted by Gasteiger charge is -2.11. The minimum Gasteiger partial charge on any atom is -0.467 e. The third-order valence-electron chi connectivity index (χ3n) is 4.94. The van der Waals surface area contributed by atoms with Crippen molar-refractivity contribution < 1.29 is 13.9 Å². The number of pyridine rings is 1. The lowest BCUT2D eigenvalue weighted by Crippen LogP contribution is -2.24. The number of furan rings is 1. The molecule has 3 aromatic heterocycles. The fraction of sp³-hybridized carbons (Fsp3) is 0.120. The van der Waals surface area contributed by atoms with Gasteiger partial charge in [0.25, 0.3) is 11.5 Å². The quantitative estimate of drug-likeness (QED) is 0.345. The summed E-state index contributed by atoms with van der Waals surface area (Å²) in [6, 6.07) is 17.7. The van der Waals surface area contributed by atoms with Crippen LogP contribution in [-0.2, 0) is 17.8 Å². The highest BCUT2D eigenvalue weighted by molar-refractivity contribution is 6.01. The van der Waals surface area contributed by atoms with Crippen LogP contribution in [0.4, 0.5) is 0 Å². The van der Waals surface area contributed by atoms with Crippen molar-refractivity contribution in [1.29, 1.82) is 5.26 Å². The first-order valence-electron chi connectivity index (χ1n) is 10.3. The predicted molar refractivity (Wildman–Crippen MR) is 122 cm³/mol. The van der Waals surface area contributed by atoms with Crippen molar-refractivity contribution in [3.63, 3.8) is 0 Å². The van der Waals surface area contributed by atoms with Gasteiger partial charge in [0.2, 0.25) is 5.88 Å². The van der Waals surface area contributed by atoms with Gasteiger partial charge in [0.1, 0.15) is 34.4 Å². The van der Waals surface area contributed by atoms with Gasteiger partial charge in [-0.25, -0.2) is 0 Å². The predicted octanol–water partition coefficient (Wildman–Crippen LogP) is 3.87. The van der Waals surface area contributed by atoms with E-state index < -0.39 is 11.5 Å². The van der Waals surface area contributed by atoms with E-state index in [0.717, 1.165) is 12.0 Å². The number of benzene rings is 1. The fourth-order valence-corrected chi connectivity index (χ4v) is 3.16. The molecule has 0 spiro atoms. The largest absolute Gasteiger partial charge is 0.467 e. The summed E-state index contributed by atoms with van der Waals surface area (Å²) in [5.74, 6) is 0.370. The van der Waals surface area contributed by atoms with Crippen LogP contribution in [0.1, 0.15) is 23.8 Å². The van der Waals surface area contributed by atoms with E-state index in [9.17, 15) is 14.9 Å². The molecule has 8 heteroatoms. The van der Waals surface area contributed by atoms with Crippen molar-refractivity contribution in [2.45, 2.75) is 19.9 Å². The first-order valence-corrected chi connectivity index (χ1v) is 10.3. The van der Waals surface area contributed by atoms with Crippen molar-refractivity contribution in [2.24, 2.45) is 0 Å². The van der Waals surface area contributed by atoms with Gasteiger partial charge in [-0.2, -0.15) is 10.2 Å². The summed E-state index contributed by atoms with van der Waals surface area (Å²) in [6.07, 6.45) is 5.12. The minimum atomic E-state index is -0.648. The van der Waals surface area contributed by atoms with Gasteiger partial charge in [0.15, 0.2) is 0 Å². The molecule has 1 N–H and O–H groups in total. The second-order valence-corrected chi connectivity index (χ2v) is 7.10. The van der Waals surface area contributed by atoms with Crippen molar-refractivity contribution in [2.75, 3.05) is 0 Å². The summed E-state index contributed by atoms with van der Waals surface area (Å²) in [4.78, 5) is 30.2. The van der Waals surface area contributed by atoms with Crippen molar-refractivity contribution in [3.05, 3.63) is 99.9 Å². The summed E-state index contributed by atoms with van der Waals surface area (Å²) in [5, 5.41) is 12.2. The van der Waals surface area contributed by atoms with Crippen LogP contribution < -0.4 is 15.6 Å². The number of hydrogen-bond acceptors (Lipinski definition) is 6. The normalized spacial score (nSPS) is 11.2. The van der Waals surface area contributed by atoms with Crippen molar-refractivity contribution in [1.82, 2.24) is 14.7 Å². The van der Waals surface area contributed by atoms with Crippen LogP contribution in [0, 0.1) is 11.3 Å². The Morgan fingerprint density at radius 2 is 2.03 bits per heavy atom. The third-order valence-corrected chi connectivity index (χ3v) is 4.94. The van der Waals surface area contributed by atoms with Crippen LogP contribution in [0.25, 0.3) is 11.7 Å². The molecule has 0 radical (unpaired) electrons. The number of aryl methyl sites for hydroxylation is 1. The molecular weight excluding hydrogens is 420 g/mol. The van der Waals surface area contributed by atoms with Crippen LogP contribution in [0.15, 0.2) is 81.8 Å². The molecular formula is C25H20N4O4. The van der Waals surface area contributed by atoms with E-state index in [0.29, 0.717) is 17.2 Å². The Hall–Kier alpha value is -4.64. The van der Waals surface area contributed by atoms with E-state index in [1.54, 1.807) is 48.7 Å². The number of nitrogens with zero attached hydrogens (tertiary/aromatic N) is 3. The van der Waals surface area contributed by atoms with Crippen molar-refractivity contribution >= 4 is 17.6 Å². The zero-order chi connectivity index (χ0) is 23.2. The molecule has 1 aromatic carbocycles. The zero-order valence-corrected chi connectivity index (χ0v) is 17.8. The summed E-state index contributed by atoms with van der Waals surface area (Å²) in [7, 11) is 0. The molecule has 4 aromatic rings. The fourth-order valence-electron chi connectivity index (χ4n) is 3.16. The van der Waals surface area contributed by atoms with Crippen LogP contribution in [-0.4, -0.2) is 15.3 Å². The highest BCUT2D eigenvalue weighted by Gasteiger charge is 2.17. The molecule has 1 amide bonds. The Morgan fingerprint density at radius 1 is 1.21 bits per heavy atom. The third kappa shape index (κ3) is 4.83. The number of fused-ring (bicyclic) bond motifs is 1. The maximum atomic E-state index is 13.2. The van der Waals surface area contributed by atoms with Gasteiger partial charge in [-0.15, -0.1) is 0 Å². The molecule has 0 aliphatic heterocycles. The van der Waals surface area contributed by atoms with Gasteiger partial charge in [-0.05, 0) is 54.5 Å². The smallest absolute Gasteiger partial charge is 0.269 e. The van der Waals surface area contributed by atoms with Crippen LogP contribution >= 0.6 is 0 Å². The van der Waals surface area contributed by atoms with Crippen LogP contribution in [0.5, 0.6) is 11.6 Å². The average molecular weight is 440 g/mol. The van der Waals surface area contributed by atoms with Gasteiger partial charge >= 0.3 is 0 Å². The number of aromatic nitrogens is 2. The molecule has 0 atom stereocenters. The molecule has 0 unspecified atom stereocenters. The molecule has 0 bridgehead atoms. The lowest BCUT2D eigenvalue weighted by atomic mass is 10.1. The second-order valence-electron chi connectivity index (χ2n) is 7.10. The van der Waals surface area contributed by atoms with E-state index in [1.807, 2.05) is 25.1 Å². The maximum Gasteiger partial charge on any atom is 0.269 e. The van der Waals surface area contributed by atoms with Gasteiger partial charge in [-0.3, -0.25) is 14.0 Å². The number of nitriles is 1. The van der Waals surface area contributed by atoms with Gasteiger partial charge in [-0.1, -0.05) is 25.1 Å². The average Bonchev–Trinajstić information content (AvgIpc) is 3.37. The molecule has 0 saturated heterocycles. The Morgan fingerprint density at radius 3 is 2.73 bits per heavy atom. The summed E-state index contributed by atoms with van der Waals surface area (Å²) in [5.41, 5.74) is 0.771. The number of amides is 1. The van der Waals surface area contributed by atoms with E-state index in [4.69, 9.17) is 9.15 Å². The first kappa shape index (κ1) is 21.6. The Balaban J connectivity index is 1.74. The van der Waals surface area contributed by atoms with Gasteiger partial charge in [0.05, 0.1) is 12.8 Å².